The molecule has 6 heteroatoms. The number of carbonyl (C=O) groups excluding carboxylic acids is 1. The third kappa shape index (κ3) is 2.75. The van der Waals surface area contributed by atoms with Crippen molar-refractivity contribution in [3.05, 3.63) is 59.2 Å². The third-order valence-electron chi connectivity index (χ3n) is 2.96. The molecular formula is C15H10N2O3S. The molecule has 0 saturated heterocycles. The van der Waals surface area contributed by atoms with E-state index in [1.807, 2.05) is 29.6 Å². The Kier molecular flexibility index (Phi) is 3.37. The summed E-state index contributed by atoms with van der Waals surface area (Å²) in [5, 5.41) is 14.6. The molecule has 5 nitrogen and oxygen atoms in total. The number of pyridine rings is 1. The van der Waals surface area contributed by atoms with Gasteiger partial charge in [-0.3, -0.25) is 4.79 Å². The Morgan fingerprint density at radius 2 is 2.00 bits per heavy atom. The van der Waals surface area contributed by atoms with Gasteiger partial charge in [0.05, 0.1) is 5.56 Å². The molecule has 0 unspecified atom stereocenters. The number of fused-ring (bicyclic) bond motifs is 1. The van der Waals surface area contributed by atoms with Crippen LogP contribution < -0.4 is 5.32 Å². The molecule has 1 aromatic carbocycles. The number of aromatic carboxylic acids is 1. The number of hydrogen-bond acceptors (Lipinski definition) is 4. The highest BCUT2D eigenvalue weighted by atomic mass is 32.1. The Balaban J connectivity index is 1.80. The summed E-state index contributed by atoms with van der Waals surface area (Å²) in [5.41, 5.74) is 0.907. The molecule has 0 radical (unpaired) electrons. The lowest BCUT2D eigenvalue weighted by molar-refractivity contribution is 0.0690. The molecule has 21 heavy (non-hydrogen) atoms. The van der Waals surface area contributed by atoms with Crippen molar-refractivity contribution in [1.29, 1.82) is 0 Å². The van der Waals surface area contributed by atoms with Crippen molar-refractivity contribution in [2.45, 2.75) is 0 Å². The van der Waals surface area contributed by atoms with Crippen LogP contribution in [-0.4, -0.2) is 22.0 Å². The van der Waals surface area contributed by atoms with Crippen molar-refractivity contribution in [2.75, 3.05) is 5.32 Å². The molecule has 0 aliphatic carbocycles. The maximum Gasteiger partial charge on any atom is 0.354 e. The van der Waals surface area contributed by atoms with Crippen LogP contribution in [0.4, 0.5) is 5.69 Å². The van der Waals surface area contributed by atoms with Gasteiger partial charge in [0.15, 0.2) is 0 Å². The number of thiophene rings is 1. The van der Waals surface area contributed by atoms with Crippen LogP contribution in [0.5, 0.6) is 0 Å². The highest BCUT2D eigenvalue weighted by Crippen LogP contribution is 2.24. The van der Waals surface area contributed by atoms with Crippen LogP contribution in [0.1, 0.15) is 20.8 Å². The first-order valence-corrected chi connectivity index (χ1v) is 6.99. The molecule has 0 atom stereocenters. The average molecular weight is 298 g/mol. The van der Waals surface area contributed by atoms with Gasteiger partial charge in [0, 0.05) is 16.6 Å². The monoisotopic (exact) mass is 298 g/mol. The van der Waals surface area contributed by atoms with E-state index in [1.165, 1.54) is 18.3 Å². The van der Waals surface area contributed by atoms with E-state index in [1.54, 1.807) is 11.3 Å². The fraction of sp³-hybridized carbons (Fsp3) is 0. The Bertz CT molecular complexity index is 824. The molecule has 0 spiro atoms. The Morgan fingerprint density at radius 1 is 1.14 bits per heavy atom. The molecule has 0 aliphatic heterocycles. The Morgan fingerprint density at radius 3 is 2.71 bits per heavy atom. The minimum Gasteiger partial charge on any atom is -0.477 e. The summed E-state index contributed by atoms with van der Waals surface area (Å²) in [6.07, 6.45) is 1.25. The van der Waals surface area contributed by atoms with Crippen molar-refractivity contribution in [3.63, 3.8) is 0 Å². The largest absolute Gasteiger partial charge is 0.477 e. The standard InChI is InChI=1S/C15H10N2O3S/c18-14(10-1-3-12(15(19)20)16-8-10)17-11-2-4-13-9(7-11)5-6-21-13/h1-8H,(H,17,18)(H,19,20). The minimum absolute atomic E-state index is 0.0914. The fourth-order valence-electron chi connectivity index (χ4n) is 1.90. The Hall–Kier alpha value is -2.73. The van der Waals surface area contributed by atoms with E-state index in [2.05, 4.69) is 10.3 Å². The van der Waals surface area contributed by atoms with Gasteiger partial charge >= 0.3 is 5.97 Å². The quantitative estimate of drug-likeness (QED) is 0.778. The zero-order chi connectivity index (χ0) is 14.8. The summed E-state index contributed by atoms with van der Waals surface area (Å²) in [7, 11) is 0. The molecule has 0 fully saturated rings. The first kappa shape index (κ1) is 13.3. The molecule has 0 saturated carbocycles. The molecule has 0 aliphatic rings. The summed E-state index contributed by atoms with van der Waals surface area (Å²) in [6.45, 7) is 0. The number of nitrogens with one attached hydrogen (secondary N) is 1. The first-order valence-electron chi connectivity index (χ1n) is 6.11. The number of carboxylic acid groups (broad SMARTS) is 1. The lowest BCUT2D eigenvalue weighted by Crippen LogP contribution is -2.13. The van der Waals surface area contributed by atoms with Gasteiger partial charge in [-0.1, -0.05) is 0 Å². The molecule has 104 valence electrons. The van der Waals surface area contributed by atoms with E-state index in [-0.39, 0.29) is 11.6 Å². The van der Waals surface area contributed by atoms with Crippen LogP contribution in [0.2, 0.25) is 0 Å². The molecule has 2 heterocycles. The molecular weight excluding hydrogens is 288 g/mol. The van der Waals surface area contributed by atoms with Crippen molar-refractivity contribution in [3.8, 4) is 0 Å². The van der Waals surface area contributed by atoms with E-state index >= 15 is 0 Å². The second kappa shape index (κ2) is 5.34. The number of rotatable bonds is 3. The highest BCUT2D eigenvalue weighted by molar-refractivity contribution is 7.17. The third-order valence-corrected chi connectivity index (χ3v) is 3.85. The van der Waals surface area contributed by atoms with Gasteiger partial charge in [-0.05, 0) is 47.2 Å². The smallest absolute Gasteiger partial charge is 0.354 e. The van der Waals surface area contributed by atoms with Crippen molar-refractivity contribution in [1.82, 2.24) is 4.98 Å². The topological polar surface area (TPSA) is 79.3 Å². The van der Waals surface area contributed by atoms with Crippen molar-refractivity contribution < 1.29 is 14.7 Å². The number of carboxylic acids is 1. The first-order chi connectivity index (χ1) is 10.1. The maximum absolute atomic E-state index is 12.1. The van der Waals surface area contributed by atoms with Gasteiger partial charge in [-0.25, -0.2) is 9.78 Å². The normalized spacial score (nSPS) is 10.5. The SMILES string of the molecule is O=C(Nc1ccc2sccc2c1)c1ccc(C(=O)O)nc1. The van der Waals surface area contributed by atoms with E-state index in [0.717, 1.165) is 10.1 Å². The summed E-state index contributed by atoms with van der Waals surface area (Å²) in [4.78, 5) is 26.5. The van der Waals surface area contributed by atoms with Crippen molar-refractivity contribution in [2.24, 2.45) is 0 Å². The van der Waals surface area contributed by atoms with Crippen LogP contribution in [0.25, 0.3) is 10.1 Å². The van der Waals surface area contributed by atoms with E-state index in [4.69, 9.17) is 5.11 Å². The number of amides is 1. The highest BCUT2D eigenvalue weighted by Gasteiger charge is 2.09. The van der Waals surface area contributed by atoms with Gasteiger partial charge in [-0.2, -0.15) is 0 Å². The lowest BCUT2D eigenvalue weighted by atomic mass is 10.2. The van der Waals surface area contributed by atoms with E-state index < -0.39 is 5.97 Å². The Labute approximate surface area is 123 Å². The predicted molar refractivity (Wildman–Crippen MR) is 81.0 cm³/mol. The van der Waals surface area contributed by atoms with Crippen LogP contribution in [0, 0.1) is 0 Å². The minimum atomic E-state index is -1.12. The average Bonchev–Trinajstić information content (AvgIpc) is 2.95. The lowest BCUT2D eigenvalue weighted by Gasteiger charge is -2.05. The van der Waals surface area contributed by atoms with Crippen LogP contribution in [-0.2, 0) is 0 Å². The summed E-state index contributed by atoms with van der Waals surface area (Å²) in [5.74, 6) is -1.45. The number of aromatic nitrogens is 1. The number of carbonyl (C=O) groups is 2. The second-order valence-electron chi connectivity index (χ2n) is 4.36. The van der Waals surface area contributed by atoms with Crippen LogP contribution in [0.15, 0.2) is 48.0 Å². The summed E-state index contributed by atoms with van der Waals surface area (Å²) < 4.78 is 1.15. The van der Waals surface area contributed by atoms with Crippen molar-refractivity contribution >= 4 is 39.0 Å². The van der Waals surface area contributed by atoms with Gasteiger partial charge in [0.1, 0.15) is 5.69 Å². The fourth-order valence-corrected chi connectivity index (χ4v) is 2.67. The zero-order valence-electron chi connectivity index (χ0n) is 10.7. The summed E-state index contributed by atoms with van der Waals surface area (Å²) in [6, 6.07) is 10.4. The molecule has 3 rings (SSSR count). The molecule has 3 aromatic rings. The molecule has 1 amide bonds. The maximum atomic E-state index is 12.1. The number of nitrogens with zero attached hydrogens (tertiary/aromatic N) is 1. The van der Waals surface area contributed by atoms with Gasteiger partial charge in [0.2, 0.25) is 0 Å². The number of hydrogen-bond donors (Lipinski definition) is 2. The van der Waals surface area contributed by atoms with E-state index in [0.29, 0.717) is 11.3 Å². The summed E-state index contributed by atoms with van der Waals surface area (Å²) >= 11 is 1.64. The predicted octanol–water partition coefficient (Wildman–Crippen LogP) is 3.25. The van der Waals surface area contributed by atoms with Gasteiger partial charge in [0.25, 0.3) is 5.91 Å². The molecule has 0 bridgehead atoms. The second-order valence-corrected chi connectivity index (χ2v) is 5.31. The van der Waals surface area contributed by atoms with E-state index in [9.17, 15) is 9.59 Å². The van der Waals surface area contributed by atoms with Crippen LogP contribution >= 0.6 is 11.3 Å². The number of benzene rings is 1. The molecule has 2 aromatic heterocycles. The van der Waals surface area contributed by atoms with Crippen LogP contribution in [0.3, 0.4) is 0 Å². The van der Waals surface area contributed by atoms with Gasteiger partial charge in [-0.15, -0.1) is 11.3 Å². The zero-order valence-corrected chi connectivity index (χ0v) is 11.6. The van der Waals surface area contributed by atoms with Gasteiger partial charge < -0.3 is 10.4 Å². The molecule has 2 N–H and O–H groups in total. The number of anilines is 1.